The van der Waals surface area contributed by atoms with Gasteiger partial charge in [-0.25, -0.2) is 13.2 Å². The maximum atomic E-state index is 13.4. The lowest BCUT2D eigenvalue weighted by Gasteiger charge is -2.07. The van der Waals surface area contributed by atoms with E-state index in [-0.39, 0.29) is 0 Å². The second-order valence-corrected chi connectivity index (χ2v) is 6.33. The third kappa shape index (κ3) is 3.67. The molecule has 0 fully saturated rings. The number of rotatable bonds is 4. The minimum atomic E-state index is -1.44. The molecule has 4 rings (SSSR count). The van der Waals surface area contributed by atoms with Crippen LogP contribution in [0.15, 0.2) is 65.8 Å². The lowest BCUT2D eigenvalue weighted by Crippen LogP contribution is -1.99. The van der Waals surface area contributed by atoms with Gasteiger partial charge >= 0.3 is 0 Å². The molecule has 134 valence electrons. The zero-order chi connectivity index (χ0) is 18.8. The number of fused-ring (bicyclic) bond motifs is 1. The molecule has 0 atom stereocenters. The molecule has 2 aromatic carbocycles. The highest BCUT2D eigenvalue weighted by atomic mass is 19.2. The van der Waals surface area contributed by atoms with Crippen molar-refractivity contribution < 1.29 is 13.2 Å². The van der Waals surface area contributed by atoms with E-state index in [1.54, 1.807) is 6.20 Å². The second kappa shape index (κ2) is 7.19. The van der Waals surface area contributed by atoms with Crippen molar-refractivity contribution in [2.75, 3.05) is 0 Å². The largest absolute Gasteiger partial charge is 0.280 e. The van der Waals surface area contributed by atoms with Gasteiger partial charge in [0.05, 0.1) is 18.0 Å². The maximum Gasteiger partial charge on any atom is 0.194 e. The average Bonchev–Trinajstić information content (AvgIpc) is 3.07. The van der Waals surface area contributed by atoms with Crippen LogP contribution >= 0.6 is 0 Å². The second-order valence-electron chi connectivity index (χ2n) is 6.33. The third-order valence-electron chi connectivity index (χ3n) is 4.42. The summed E-state index contributed by atoms with van der Waals surface area (Å²) in [7, 11) is 0. The zero-order valence-corrected chi connectivity index (χ0v) is 14.3. The van der Waals surface area contributed by atoms with Gasteiger partial charge in [-0.1, -0.05) is 18.2 Å². The highest BCUT2D eigenvalue weighted by Crippen LogP contribution is 2.24. The highest BCUT2D eigenvalue weighted by Gasteiger charge is 2.15. The van der Waals surface area contributed by atoms with Gasteiger partial charge in [0.1, 0.15) is 0 Å². The lowest BCUT2D eigenvalue weighted by atomic mass is 9.98. The lowest BCUT2D eigenvalue weighted by molar-refractivity contribution is 0.445. The fourth-order valence-corrected chi connectivity index (χ4v) is 3.09. The molecule has 0 N–H and O–H groups in total. The summed E-state index contributed by atoms with van der Waals surface area (Å²) in [5.74, 6) is -3.79. The summed E-state index contributed by atoms with van der Waals surface area (Å²) in [6.45, 7) is 0.595. The SMILES string of the molecule is Fc1cc(Cc2ccc3c(c2)C(/C=C/c2ccccn2)=NC3)cc(F)c1F. The summed E-state index contributed by atoms with van der Waals surface area (Å²) < 4.78 is 40.0. The highest BCUT2D eigenvalue weighted by molar-refractivity contribution is 6.13. The summed E-state index contributed by atoms with van der Waals surface area (Å²) in [5.41, 5.74) is 5.02. The zero-order valence-electron chi connectivity index (χ0n) is 14.3. The Morgan fingerprint density at radius 2 is 1.70 bits per heavy atom. The molecule has 2 heterocycles. The first-order chi connectivity index (χ1) is 13.1. The van der Waals surface area contributed by atoms with Crippen LogP contribution in [-0.4, -0.2) is 10.7 Å². The Kier molecular flexibility index (Phi) is 4.59. The van der Waals surface area contributed by atoms with E-state index in [0.29, 0.717) is 18.5 Å². The molecule has 0 spiro atoms. The van der Waals surface area contributed by atoms with Gasteiger partial charge in [0, 0.05) is 11.8 Å². The van der Waals surface area contributed by atoms with E-state index in [2.05, 4.69) is 9.98 Å². The first kappa shape index (κ1) is 17.2. The Balaban J connectivity index is 1.58. The van der Waals surface area contributed by atoms with Gasteiger partial charge < -0.3 is 0 Å². The van der Waals surface area contributed by atoms with E-state index < -0.39 is 17.5 Å². The van der Waals surface area contributed by atoms with Crippen LogP contribution in [0, 0.1) is 17.5 Å². The van der Waals surface area contributed by atoms with Crippen LogP contribution < -0.4 is 0 Å². The van der Waals surface area contributed by atoms with E-state index in [1.165, 1.54) is 0 Å². The summed E-state index contributed by atoms with van der Waals surface area (Å²) in [5, 5.41) is 0. The molecule has 1 aliphatic heterocycles. The molecule has 0 saturated heterocycles. The molecule has 1 aliphatic rings. The Hall–Kier alpha value is -3.21. The molecule has 3 aromatic rings. The molecular formula is C22H15F3N2. The average molecular weight is 364 g/mol. The standard InChI is InChI=1S/C22H15F3N2/c23-19-11-15(12-20(24)22(19)25)9-14-4-5-16-13-27-21(18(16)10-14)7-6-17-3-1-2-8-26-17/h1-8,10-12H,9,13H2/b7-6+. The van der Waals surface area contributed by atoms with Crippen LogP contribution in [0.5, 0.6) is 0 Å². The number of hydrogen-bond acceptors (Lipinski definition) is 2. The van der Waals surface area contributed by atoms with Crippen LogP contribution in [0.4, 0.5) is 13.2 Å². The Morgan fingerprint density at radius 3 is 2.44 bits per heavy atom. The van der Waals surface area contributed by atoms with Crippen LogP contribution in [0.2, 0.25) is 0 Å². The summed E-state index contributed by atoms with van der Waals surface area (Å²) in [4.78, 5) is 8.79. The molecule has 0 unspecified atom stereocenters. The van der Waals surface area contributed by atoms with Gasteiger partial charge in [-0.15, -0.1) is 0 Å². The van der Waals surface area contributed by atoms with Crippen LogP contribution in [0.25, 0.3) is 6.08 Å². The van der Waals surface area contributed by atoms with Gasteiger partial charge in [-0.2, -0.15) is 0 Å². The maximum absolute atomic E-state index is 13.4. The van der Waals surface area contributed by atoms with Crippen molar-refractivity contribution in [2.45, 2.75) is 13.0 Å². The van der Waals surface area contributed by atoms with E-state index in [4.69, 9.17) is 0 Å². The van der Waals surface area contributed by atoms with Crippen LogP contribution in [0.3, 0.4) is 0 Å². The number of halogens is 3. The Bertz CT molecular complexity index is 1030. The fourth-order valence-electron chi connectivity index (χ4n) is 3.09. The molecule has 5 heteroatoms. The fraction of sp³-hybridized carbons (Fsp3) is 0.0909. The number of nitrogens with zero attached hydrogens (tertiary/aromatic N) is 2. The smallest absolute Gasteiger partial charge is 0.194 e. The minimum Gasteiger partial charge on any atom is -0.280 e. The number of benzene rings is 2. The molecule has 0 radical (unpaired) electrons. The first-order valence-corrected chi connectivity index (χ1v) is 8.49. The van der Waals surface area contributed by atoms with Crippen LogP contribution in [0.1, 0.15) is 27.9 Å². The van der Waals surface area contributed by atoms with E-state index >= 15 is 0 Å². The number of aliphatic imine (C=N–C) groups is 1. The molecule has 0 amide bonds. The molecule has 27 heavy (non-hydrogen) atoms. The molecule has 2 nitrogen and oxygen atoms in total. The quantitative estimate of drug-likeness (QED) is 0.591. The third-order valence-corrected chi connectivity index (χ3v) is 4.42. The van der Waals surface area contributed by atoms with E-state index in [0.717, 1.165) is 40.2 Å². The van der Waals surface area contributed by atoms with Gasteiger partial charge in [0.15, 0.2) is 17.5 Å². The number of aromatic nitrogens is 1. The van der Waals surface area contributed by atoms with E-state index in [9.17, 15) is 13.2 Å². The molecule has 0 saturated carbocycles. The molecular weight excluding hydrogens is 349 g/mol. The monoisotopic (exact) mass is 364 g/mol. The normalized spacial score (nSPS) is 13.1. The van der Waals surface area contributed by atoms with Crippen molar-refractivity contribution in [1.29, 1.82) is 0 Å². The summed E-state index contributed by atoms with van der Waals surface area (Å²) in [6.07, 6.45) is 5.84. The number of pyridine rings is 1. The van der Waals surface area contributed by atoms with E-state index in [1.807, 2.05) is 48.6 Å². The first-order valence-electron chi connectivity index (χ1n) is 8.49. The predicted octanol–water partition coefficient (Wildman–Crippen LogP) is 5.11. The topological polar surface area (TPSA) is 25.2 Å². The Labute approximate surface area is 154 Å². The number of hydrogen-bond donors (Lipinski definition) is 0. The van der Waals surface area contributed by atoms with Crippen molar-refractivity contribution in [2.24, 2.45) is 4.99 Å². The molecule has 1 aromatic heterocycles. The van der Waals surface area contributed by atoms with Gasteiger partial charge in [0.25, 0.3) is 0 Å². The van der Waals surface area contributed by atoms with Gasteiger partial charge in [-0.05, 0) is 65.6 Å². The number of allylic oxidation sites excluding steroid dienone is 1. The van der Waals surface area contributed by atoms with Crippen LogP contribution in [-0.2, 0) is 13.0 Å². The summed E-state index contributed by atoms with van der Waals surface area (Å²) >= 11 is 0. The molecule has 0 bridgehead atoms. The van der Waals surface area contributed by atoms with Gasteiger partial charge in [0.2, 0.25) is 0 Å². The van der Waals surface area contributed by atoms with Crippen molar-refractivity contribution >= 4 is 11.8 Å². The minimum absolute atomic E-state index is 0.304. The Morgan fingerprint density at radius 1 is 0.889 bits per heavy atom. The van der Waals surface area contributed by atoms with Crippen molar-refractivity contribution in [3.63, 3.8) is 0 Å². The summed E-state index contributed by atoms with van der Waals surface area (Å²) in [6, 6.07) is 13.6. The van der Waals surface area contributed by atoms with Crippen molar-refractivity contribution in [3.05, 3.63) is 106 Å². The van der Waals surface area contributed by atoms with Crippen molar-refractivity contribution in [3.8, 4) is 0 Å². The predicted molar refractivity (Wildman–Crippen MR) is 99.1 cm³/mol. The molecule has 0 aliphatic carbocycles. The van der Waals surface area contributed by atoms with Gasteiger partial charge in [-0.3, -0.25) is 9.98 Å². The van der Waals surface area contributed by atoms with Crippen molar-refractivity contribution in [1.82, 2.24) is 4.98 Å².